The van der Waals surface area contributed by atoms with E-state index in [1.165, 1.54) is 6.20 Å². The van der Waals surface area contributed by atoms with Crippen molar-refractivity contribution in [3.8, 4) is 6.07 Å². The Kier molecular flexibility index (Phi) is 6.12. The minimum absolute atomic E-state index is 0.0373. The van der Waals surface area contributed by atoms with Crippen LogP contribution < -0.4 is 10.6 Å². The number of nitriles is 1. The third kappa shape index (κ3) is 5.04. The van der Waals surface area contributed by atoms with Gasteiger partial charge in [-0.15, -0.1) is 0 Å². The van der Waals surface area contributed by atoms with Gasteiger partial charge in [-0.25, -0.2) is 4.98 Å². The van der Waals surface area contributed by atoms with Crippen molar-refractivity contribution in [1.82, 2.24) is 4.98 Å². The van der Waals surface area contributed by atoms with E-state index in [4.69, 9.17) is 0 Å². The van der Waals surface area contributed by atoms with E-state index in [0.717, 1.165) is 13.6 Å². The zero-order valence-corrected chi connectivity index (χ0v) is 15.8. The Bertz CT molecular complexity index is 814. The zero-order chi connectivity index (χ0) is 16.8. The molecule has 1 heterocycles. The number of benzene rings is 1. The summed E-state index contributed by atoms with van der Waals surface area (Å²) in [4.78, 5) is 16.3. The van der Waals surface area contributed by atoms with Crippen LogP contribution in [-0.2, 0) is 4.79 Å². The van der Waals surface area contributed by atoms with Crippen molar-refractivity contribution in [2.75, 3.05) is 10.6 Å². The quantitative estimate of drug-likeness (QED) is 0.388. The summed E-state index contributed by atoms with van der Waals surface area (Å²) in [5.41, 5.74) is 1.58. The van der Waals surface area contributed by atoms with Crippen LogP contribution >= 0.6 is 38.5 Å². The van der Waals surface area contributed by atoms with Crippen LogP contribution in [0.3, 0.4) is 0 Å². The fourth-order valence-electron chi connectivity index (χ4n) is 1.74. The average Bonchev–Trinajstić information content (AvgIpc) is 2.51. The number of hydrogen-bond donors (Lipinski definition) is 2. The highest BCUT2D eigenvalue weighted by molar-refractivity contribution is 14.1. The summed E-state index contributed by atoms with van der Waals surface area (Å²) in [7, 11) is 0. The van der Waals surface area contributed by atoms with Crippen LogP contribution in [0.15, 0.2) is 52.8 Å². The molecule has 5 nitrogen and oxygen atoms in total. The van der Waals surface area contributed by atoms with Crippen molar-refractivity contribution in [2.45, 2.75) is 6.92 Å². The second kappa shape index (κ2) is 8.08. The Balaban J connectivity index is 2.12. The van der Waals surface area contributed by atoms with Gasteiger partial charge < -0.3 is 10.6 Å². The molecule has 0 aliphatic heterocycles. The van der Waals surface area contributed by atoms with Crippen LogP contribution in [0.5, 0.6) is 0 Å². The number of nitrogens with one attached hydrogen (secondary N) is 2. The lowest BCUT2D eigenvalue weighted by molar-refractivity contribution is -0.112. The SMILES string of the molecule is Cc1cc(I)ccc1NC(=O)/C(C#N)=C\Nc1cc(Br)ccn1. The van der Waals surface area contributed by atoms with Crippen molar-refractivity contribution in [2.24, 2.45) is 0 Å². The van der Waals surface area contributed by atoms with Gasteiger partial charge in [0.05, 0.1) is 0 Å². The number of pyridine rings is 1. The number of rotatable bonds is 4. The monoisotopic (exact) mass is 482 g/mol. The maximum atomic E-state index is 12.2. The highest BCUT2D eigenvalue weighted by Crippen LogP contribution is 2.18. The van der Waals surface area contributed by atoms with Gasteiger partial charge in [-0.3, -0.25) is 4.79 Å². The van der Waals surface area contributed by atoms with Crippen LogP contribution in [0, 0.1) is 21.8 Å². The zero-order valence-electron chi connectivity index (χ0n) is 12.1. The molecule has 7 heteroatoms. The molecule has 2 aromatic rings. The Morgan fingerprint density at radius 3 is 2.83 bits per heavy atom. The average molecular weight is 483 g/mol. The first kappa shape index (κ1) is 17.4. The first-order chi connectivity index (χ1) is 11.0. The lowest BCUT2D eigenvalue weighted by Gasteiger charge is -2.08. The first-order valence-electron chi connectivity index (χ1n) is 6.55. The highest BCUT2D eigenvalue weighted by atomic mass is 127. The van der Waals surface area contributed by atoms with Crippen LogP contribution in [0.4, 0.5) is 11.5 Å². The fourth-order valence-corrected chi connectivity index (χ4v) is 2.72. The second-order valence-corrected chi connectivity index (χ2v) is 6.75. The van der Waals surface area contributed by atoms with Gasteiger partial charge in [0.25, 0.3) is 5.91 Å². The number of hydrogen-bond acceptors (Lipinski definition) is 4. The van der Waals surface area contributed by atoms with Crippen molar-refractivity contribution in [3.05, 3.63) is 61.9 Å². The molecule has 1 aromatic carbocycles. The molecule has 1 aromatic heterocycles. The standard InChI is InChI=1S/C16H12BrIN4O/c1-10-6-13(18)2-3-14(10)22-16(23)11(8-19)9-21-15-7-12(17)4-5-20-15/h2-7,9H,1H3,(H,20,21)(H,22,23)/b11-9-. The molecule has 0 unspecified atom stereocenters. The molecule has 23 heavy (non-hydrogen) atoms. The summed E-state index contributed by atoms with van der Waals surface area (Å²) < 4.78 is 1.93. The van der Waals surface area contributed by atoms with E-state index in [9.17, 15) is 10.1 Å². The number of anilines is 2. The molecule has 0 radical (unpaired) electrons. The number of amides is 1. The Morgan fingerprint density at radius 2 is 2.17 bits per heavy atom. The molecule has 0 bridgehead atoms. The molecule has 0 saturated carbocycles. The normalized spacial score (nSPS) is 10.8. The summed E-state index contributed by atoms with van der Waals surface area (Å²) in [5.74, 6) is 0.0599. The van der Waals surface area contributed by atoms with Crippen LogP contribution in [0.2, 0.25) is 0 Å². The van der Waals surface area contributed by atoms with Gasteiger partial charge in [0.1, 0.15) is 17.5 Å². The summed E-state index contributed by atoms with van der Waals surface area (Å²) in [6, 6.07) is 11.1. The molecule has 0 spiro atoms. The number of nitrogens with zero attached hydrogens (tertiary/aromatic N) is 2. The highest BCUT2D eigenvalue weighted by Gasteiger charge is 2.11. The third-order valence-corrected chi connectivity index (χ3v) is 4.05. The number of carbonyl (C=O) groups is 1. The predicted octanol–water partition coefficient (Wildman–Crippen LogP) is 4.22. The van der Waals surface area contributed by atoms with E-state index < -0.39 is 5.91 Å². The molecule has 0 atom stereocenters. The maximum Gasteiger partial charge on any atom is 0.267 e. The van der Waals surface area contributed by atoms with Crippen LogP contribution in [0.25, 0.3) is 0 Å². The first-order valence-corrected chi connectivity index (χ1v) is 8.42. The van der Waals surface area contributed by atoms with E-state index in [-0.39, 0.29) is 5.57 Å². The van der Waals surface area contributed by atoms with Crippen LogP contribution in [0.1, 0.15) is 5.56 Å². The number of halogens is 2. The molecular formula is C16H12BrIN4O. The molecule has 116 valence electrons. The largest absolute Gasteiger partial charge is 0.345 e. The molecule has 2 rings (SSSR count). The smallest absolute Gasteiger partial charge is 0.267 e. The fraction of sp³-hybridized carbons (Fsp3) is 0.0625. The molecule has 1 amide bonds. The topological polar surface area (TPSA) is 77.8 Å². The van der Waals surface area contributed by atoms with Crippen molar-refractivity contribution < 1.29 is 4.79 Å². The van der Waals surface area contributed by atoms with Crippen molar-refractivity contribution in [3.63, 3.8) is 0 Å². The molecule has 0 aliphatic carbocycles. The Morgan fingerprint density at radius 1 is 1.39 bits per heavy atom. The summed E-state index contributed by atoms with van der Waals surface area (Å²) >= 11 is 5.53. The second-order valence-electron chi connectivity index (χ2n) is 4.59. The van der Waals surface area contributed by atoms with E-state index >= 15 is 0 Å². The van der Waals surface area contributed by atoms with Crippen molar-refractivity contribution in [1.29, 1.82) is 5.26 Å². The van der Waals surface area contributed by atoms with E-state index in [0.29, 0.717) is 11.5 Å². The van der Waals surface area contributed by atoms with Gasteiger partial charge in [0.15, 0.2) is 0 Å². The lowest BCUT2D eigenvalue weighted by atomic mass is 10.2. The molecule has 2 N–H and O–H groups in total. The van der Waals surface area contributed by atoms with Gasteiger partial charge >= 0.3 is 0 Å². The van der Waals surface area contributed by atoms with Gasteiger partial charge in [-0.1, -0.05) is 15.9 Å². The number of carbonyl (C=O) groups excluding carboxylic acids is 1. The van der Waals surface area contributed by atoms with Gasteiger partial charge in [-0.2, -0.15) is 5.26 Å². The van der Waals surface area contributed by atoms with Gasteiger partial charge in [0.2, 0.25) is 0 Å². The summed E-state index contributed by atoms with van der Waals surface area (Å²) in [6.45, 7) is 1.90. The van der Waals surface area contributed by atoms with Gasteiger partial charge in [0, 0.05) is 26.1 Å². The maximum absolute atomic E-state index is 12.2. The Labute approximate surface area is 156 Å². The lowest BCUT2D eigenvalue weighted by Crippen LogP contribution is -2.15. The number of aryl methyl sites for hydroxylation is 1. The van der Waals surface area contributed by atoms with Crippen molar-refractivity contribution >= 4 is 55.9 Å². The summed E-state index contributed by atoms with van der Waals surface area (Å²) in [5, 5.41) is 14.7. The molecule has 0 saturated heterocycles. The van der Waals surface area contributed by atoms with Gasteiger partial charge in [-0.05, 0) is 65.4 Å². The van der Waals surface area contributed by atoms with Crippen LogP contribution in [-0.4, -0.2) is 10.9 Å². The van der Waals surface area contributed by atoms with E-state index in [1.54, 1.807) is 18.3 Å². The minimum atomic E-state index is -0.473. The molecule has 0 aliphatic rings. The van der Waals surface area contributed by atoms with E-state index in [1.807, 2.05) is 31.2 Å². The summed E-state index contributed by atoms with van der Waals surface area (Å²) in [6.07, 6.45) is 2.95. The third-order valence-electron chi connectivity index (χ3n) is 2.89. The predicted molar refractivity (Wildman–Crippen MR) is 102 cm³/mol. The number of aromatic nitrogens is 1. The molecule has 0 fully saturated rings. The van der Waals surface area contributed by atoms with E-state index in [2.05, 4.69) is 54.1 Å². The minimum Gasteiger partial charge on any atom is -0.345 e. The molecular weight excluding hydrogens is 471 g/mol. The Hall–Kier alpha value is -1.92.